The van der Waals surface area contributed by atoms with E-state index in [-0.39, 0.29) is 25.7 Å². The predicted molar refractivity (Wildman–Crippen MR) is 377 cm³/mol. The van der Waals surface area contributed by atoms with Crippen LogP contribution in [-0.4, -0.2) is 96.7 Å². The summed E-state index contributed by atoms with van der Waals surface area (Å²) in [5.41, 5.74) is 0. The monoisotopic (exact) mass is 1370 g/mol. The minimum Gasteiger partial charge on any atom is -0.462 e. The number of phosphoric acid groups is 2. The van der Waals surface area contributed by atoms with E-state index >= 15 is 0 Å². The van der Waals surface area contributed by atoms with Crippen molar-refractivity contribution < 1.29 is 80.2 Å². The van der Waals surface area contributed by atoms with Crippen molar-refractivity contribution in [3.8, 4) is 0 Å². The Bertz CT molecular complexity index is 1820. The van der Waals surface area contributed by atoms with E-state index in [1.54, 1.807) is 0 Å². The maximum Gasteiger partial charge on any atom is 0.472 e. The van der Waals surface area contributed by atoms with Gasteiger partial charge in [0.05, 0.1) is 26.4 Å². The molecule has 0 heterocycles. The Labute approximate surface area is 568 Å². The lowest BCUT2D eigenvalue weighted by Gasteiger charge is -2.21. The predicted octanol–water partition coefficient (Wildman–Crippen LogP) is 21.4. The number of carbonyl (C=O) groups excluding carboxylic acids is 4. The Hall–Kier alpha value is -1.94. The van der Waals surface area contributed by atoms with Gasteiger partial charge in [0.15, 0.2) is 12.2 Å². The Balaban J connectivity index is 5.18. The van der Waals surface area contributed by atoms with Crippen molar-refractivity contribution in [2.45, 2.75) is 394 Å². The van der Waals surface area contributed by atoms with E-state index in [1.165, 1.54) is 180 Å². The standard InChI is InChI=1S/C74H144O17P2/c1-8-9-10-11-12-13-14-15-16-17-18-19-20-21-22-23-24-27-35-43-50-57-73(78)90-69(61-84-71(76)55-48-41-34-28-25-26-31-38-45-52-65(2)3)63-88-92(80,81)86-59-68(75)60-87-93(82,83)89-64-70(91-74(79)58-51-44-37-30-33-40-47-54-67(6)7)62-85-72(77)56-49-42-36-29-32-39-46-53-66(4)5/h65-70,75H,8-64H2,1-7H3,(H,80,81)(H,82,83)/t68-,69-,70-/m1/s1. The highest BCUT2D eigenvalue weighted by Crippen LogP contribution is 2.45. The number of carbonyl (C=O) groups is 4. The van der Waals surface area contributed by atoms with Crippen molar-refractivity contribution >= 4 is 39.5 Å². The highest BCUT2D eigenvalue weighted by molar-refractivity contribution is 7.47. The topological polar surface area (TPSA) is 237 Å². The summed E-state index contributed by atoms with van der Waals surface area (Å²) in [5.74, 6) is 0.0180. The van der Waals surface area contributed by atoms with Crippen LogP contribution in [0.15, 0.2) is 0 Å². The van der Waals surface area contributed by atoms with Crippen molar-refractivity contribution in [3.63, 3.8) is 0 Å². The molecule has 0 aliphatic carbocycles. The number of phosphoric ester groups is 2. The van der Waals surface area contributed by atoms with Crippen LogP contribution in [-0.2, 0) is 65.4 Å². The third-order valence-corrected chi connectivity index (χ3v) is 19.0. The lowest BCUT2D eigenvalue weighted by Crippen LogP contribution is -2.30. The largest absolute Gasteiger partial charge is 0.472 e. The van der Waals surface area contributed by atoms with E-state index in [1.807, 2.05) is 0 Å². The summed E-state index contributed by atoms with van der Waals surface area (Å²) in [4.78, 5) is 72.6. The lowest BCUT2D eigenvalue weighted by atomic mass is 10.0. The summed E-state index contributed by atoms with van der Waals surface area (Å²) in [5, 5.41) is 10.6. The summed E-state index contributed by atoms with van der Waals surface area (Å²) in [6.45, 7) is 11.7. The molecule has 0 fully saturated rings. The Morgan fingerprint density at radius 1 is 0.290 bits per heavy atom. The van der Waals surface area contributed by atoms with Crippen LogP contribution in [0.4, 0.5) is 0 Å². The molecule has 0 aromatic heterocycles. The highest BCUT2D eigenvalue weighted by Gasteiger charge is 2.30. The molecular formula is C74H144O17P2. The zero-order chi connectivity index (χ0) is 68.7. The van der Waals surface area contributed by atoms with E-state index in [9.17, 15) is 43.2 Å². The quantitative estimate of drug-likeness (QED) is 0.0222. The van der Waals surface area contributed by atoms with Crippen molar-refractivity contribution in [1.29, 1.82) is 0 Å². The summed E-state index contributed by atoms with van der Waals surface area (Å²) >= 11 is 0. The highest BCUT2D eigenvalue weighted by atomic mass is 31.2. The van der Waals surface area contributed by atoms with Gasteiger partial charge in [0.1, 0.15) is 19.3 Å². The van der Waals surface area contributed by atoms with E-state index < -0.39 is 97.5 Å². The summed E-state index contributed by atoms with van der Waals surface area (Å²) in [6, 6.07) is 0. The maximum absolute atomic E-state index is 13.1. The van der Waals surface area contributed by atoms with Gasteiger partial charge in [-0.2, -0.15) is 0 Å². The second-order valence-corrected chi connectivity index (χ2v) is 31.0. The Morgan fingerprint density at radius 2 is 0.495 bits per heavy atom. The number of unbranched alkanes of at least 4 members (excludes halogenated alkanes) is 40. The molecule has 0 rings (SSSR count). The zero-order valence-corrected chi connectivity index (χ0v) is 62.5. The van der Waals surface area contributed by atoms with Gasteiger partial charge < -0.3 is 33.8 Å². The zero-order valence-electron chi connectivity index (χ0n) is 60.7. The molecule has 0 aromatic carbocycles. The first-order valence-electron chi connectivity index (χ1n) is 38.3. The molecule has 0 amide bonds. The molecule has 0 aliphatic heterocycles. The molecule has 2 unspecified atom stereocenters. The second kappa shape index (κ2) is 64.7. The molecule has 0 spiro atoms. The van der Waals surface area contributed by atoms with Crippen molar-refractivity contribution in [3.05, 3.63) is 0 Å². The van der Waals surface area contributed by atoms with Crippen molar-refractivity contribution in [2.24, 2.45) is 17.8 Å². The average Bonchev–Trinajstić information content (AvgIpc) is 3.32. The first-order valence-corrected chi connectivity index (χ1v) is 41.3. The molecule has 0 aliphatic rings. The number of hydrogen-bond donors (Lipinski definition) is 3. The van der Waals surface area contributed by atoms with Crippen LogP contribution >= 0.6 is 15.6 Å². The van der Waals surface area contributed by atoms with E-state index in [0.717, 1.165) is 102 Å². The molecule has 5 atom stereocenters. The molecular weight excluding hydrogens is 1220 g/mol. The molecule has 0 bridgehead atoms. The number of aliphatic hydroxyl groups is 1. The molecule has 17 nitrogen and oxygen atoms in total. The Kier molecular flexibility index (Phi) is 63.4. The fourth-order valence-corrected chi connectivity index (χ4v) is 12.8. The third kappa shape index (κ3) is 68.4. The maximum atomic E-state index is 13.1. The van der Waals surface area contributed by atoms with Crippen LogP contribution in [0, 0.1) is 17.8 Å². The van der Waals surface area contributed by atoms with Crippen molar-refractivity contribution in [2.75, 3.05) is 39.6 Å². The van der Waals surface area contributed by atoms with Crippen LogP contribution < -0.4 is 0 Å². The number of aliphatic hydroxyl groups excluding tert-OH is 1. The van der Waals surface area contributed by atoms with Crippen LogP contribution in [0.3, 0.4) is 0 Å². The minimum absolute atomic E-state index is 0.102. The summed E-state index contributed by atoms with van der Waals surface area (Å²) < 4.78 is 68.4. The van der Waals surface area contributed by atoms with Crippen LogP contribution in [0.5, 0.6) is 0 Å². The van der Waals surface area contributed by atoms with Crippen LogP contribution in [0.1, 0.15) is 376 Å². The molecule has 19 heteroatoms. The molecule has 3 N–H and O–H groups in total. The van der Waals surface area contributed by atoms with Gasteiger partial charge in [-0.3, -0.25) is 37.3 Å². The van der Waals surface area contributed by atoms with E-state index in [0.29, 0.717) is 37.5 Å². The molecule has 0 radical (unpaired) electrons. The third-order valence-electron chi connectivity index (χ3n) is 17.1. The number of ether oxygens (including phenoxy) is 4. The second-order valence-electron chi connectivity index (χ2n) is 28.1. The van der Waals surface area contributed by atoms with Crippen LogP contribution in [0.2, 0.25) is 0 Å². The van der Waals surface area contributed by atoms with Crippen LogP contribution in [0.25, 0.3) is 0 Å². The van der Waals surface area contributed by atoms with Gasteiger partial charge in [0, 0.05) is 25.7 Å². The first-order chi connectivity index (χ1) is 44.7. The molecule has 93 heavy (non-hydrogen) atoms. The first kappa shape index (κ1) is 91.1. The van der Waals surface area contributed by atoms with Gasteiger partial charge in [-0.25, -0.2) is 9.13 Å². The summed E-state index contributed by atoms with van der Waals surface area (Å²) in [6.07, 6.45) is 50.4. The lowest BCUT2D eigenvalue weighted by molar-refractivity contribution is -0.161. The van der Waals surface area contributed by atoms with Gasteiger partial charge in [-0.05, 0) is 43.4 Å². The van der Waals surface area contributed by atoms with Gasteiger partial charge in [-0.1, -0.05) is 325 Å². The average molecular weight is 1370 g/mol. The van der Waals surface area contributed by atoms with E-state index in [2.05, 4.69) is 48.5 Å². The molecule has 0 saturated heterocycles. The smallest absolute Gasteiger partial charge is 0.462 e. The van der Waals surface area contributed by atoms with Gasteiger partial charge >= 0.3 is 39.5 Å². The molecule has 0 aromatic rings. The van der Waals surface area contributed by atoms with Gasteiger partial charge in [0.25, 0.3) is 0 Å². The normalized spacial score (nSPS) is 14.1. The molecule has 552 valence electrons. The number of esters is 4. The van der Waals surface area contributed by atoms with Gasteiger partial charge in [0.2, 0.25) is 0 Å². The minimum atomic E-state index is -4.96. The number of rotatable bonds is 72. The summed E-state index contributed by atoms with van der Waals surface area (Å²) in [7, 11) is -9.91. The number of hydrogen-bond acceptors (Lipinski definition) is 15. The molecule has 0 saturated carbocycles. The SMILES string of the molecule is CCCCCCCCCCCCCCCCCCCCCCCC(=O)O[C@H](COC(=O)CCCCCCCCCCCC(C)C)COP(=O)(O)OC[C@@H](O)COP(=O)(O)OC[C@@H](COC(=O)CCCCCCCCCC(C)C)OC(=O)CCCCCCCCCC(C)C. The van der Waals surface area contributed by atoms with E-state index in [4.69, 9.17) is 37.0 Å². The van der Waals surface area contributed by atoms with Gasteiger partial charge in [-0.15, -0.1) is 0 Å². The fraction of sp³-hybridized carbons (Fsp3) is 0.946. The Morgan fingerprint density at radius 3 is 0.731 bits per heavy atom. The van der Waals surface area contributed by atoms with Crippen molar-refractivity contribution in [1.82, 2.24) is 0 Å². The fourth-order valence-electron chi connectivity index (χ4n) is 11.2.